The number of carbonyl (C=O) groups excluding carboxylic acids is 2. The van der Waals surface area contributed by atoms with Gasteiger partial charge in [-0.3, -0.25) is 14.7 Å². The van der Waals surface area contributed by atoms with Gasteiger partial charge in [-0.2, -0.15) is 5.10 Å². The van der Waals surface area contributed by atoms with E-state index in [0.717, 1.165) is 24.8 Å². The topological polar surface area (TPSA) is 97.0 Å². The molecule has 1 aliphatic heterocycles. The molecule has 0 aliphatic carbocycles. The highest BCUT2D eigenvalue weighted by atomic mass is 16.2. The molecule has 7 nitrogen and oxygen atoms in total. The number of nitrogens with zero attached hydrogens (tertiary/aromatic N) is 3. The summed E-state index contributed by atoms with van der Waals surface area (Å²) in [6, 6.07) is 1.58. The summed E-state index contributed by atoms with van der Waals surface area (Å²) in [7, 11) is 1.75. The average Bonchev–Trinajstić information content (AvgIpc) is 3.16. The van der Waals surface area contributed by atoms with E-state index in [0.29, 0.717) is 17.8 Å². The van der Waals surface area contributed by atoms with Crippen molar-refractivity contribution >= 4 is 11.8 Å². The van der Waals surface area contributed by atoms with Crippen LogP contribution in [0.15, 0.2) is 24.7 Å². The van der Waals surface area contributed by atoms with Crippen LogP contribution in [-0.2, 0) is 7.05 Å². The van der Waals surface area contributed by atoms with Gasteiger partial charge in [0.25, 0.3) is 5.91 Å². The van der Waals surface area contributed by atoms with Gasteiger partial charge >= 0.3 is 0 Å². The Morgan fingerprint density at radius 3 is 2.86 bits per heavy atom. The Kier molecular flexibility index (Phi) is 3.70. The van der Waals surface area contributed by atoms with Crippen molar-refractivity contribution in [3.8, 4) is 0 Å². The molecule has 0 radical (unpaired) electrons. The first kappa shape index (κ1) is 14.4. The second kappa shape index (κ2) is 5.67. The van der Waals surface area contributed by atoms with E-state index in [1.54, 1.807) is 30.1 Å². The van der Waals surface area contributed by atoms with Gasteiger partial charge in [0.05, 0.1) is 17.8 Å². The van der Waals surface area contributed by atoms with Gasteiger partial charge < -0.3 is 15.2 Å². The first-order chi connectivity index (χ1) is 10.6. The molecule has 7 heteroatoms. The minimum Gasteiger partial charge on any atom is -0.366 e. The third-order valence-electron chi connectivity index (χ3n) is 4.18. The summed E-state index contributed by atoms with van der Waals surface area (Å²) in [4.78, 5) is 26.0. The summed E-state index contributed by atoms with van der Waals surface area (Å²) in [5, 5.41) is 6.78. The third-order valence-corrected chi connectivity index (χ3v) is 4.18. The van der Waals surface area contributed by atoms with Crippen LogP contribution in [0.25, 0.3) is 0 Å². The predicted octanol–water partition coefficient (Wildman–Crippen LogP) is 1.21. The van der Waals surface area contributed by atoms with Crippen molar-refractivity contribution in [1.82, 2.24) is 19.7 Å². The highest BCUT2D eigenvalue weighted by molar-refractivity contribution is 5.98. The van der Waals surface area contributed by atoms with Gasteiger partial charge in [0.15, 0.2) is 0 Å². The van der Waals surface area contributed by atoms with E-state index in [2.05, 4.69) is 10.2 Å². The number of likely N-dealkylation sites (tertiary alicyclic amines) is 1. The van der Waals surface area contributed by atoms with E-state index in [4.69, 9.17) is 5.73 Å². The van der Waals surface area contributed by atoms with Crippen LogP contribution in [0.1, 0.15) is 51.7 Å². The fraction of sp³-hybridized carbons (Fsp3) is 0.400. The normalized spacial score (nSPS) is 18.4. The number of hydrogen-bond donors (Lipinski definition) is 2. The van der Waals surface area contributed by atoms with Crippen molar-refractivity contribution in [2.75, 3.05) is 6.54 Å². The first-order valence-electron chi connectivity index (χ1n) is 7.33. The number of aryl methyl sites for hydroxylation is 1. The smallest absolute Gasteiger partial charge is 0.271 e. The molecule has 2 aromatic heterocycles. The molecule has 22 heavy (non-hydrogen) atoms. The van der Waals surface area contributed by atoms with Crippen molar-refractivity contribution in [3.63, 3.8) is 0 Å². The third kappa shape index (κ3) is 2.49. The van der Waals surface area contributed by atoms with Crippen LogP contribution in [0.3, 0.4) is 0 Å². The Hall–Kier alpha value is -2.57. The van der Waals surface area contributed by atoms with Gasteiger partial charge in [-0.1, -0.05) is 0 Å². The Morgan fingerprint density at radius 1 is 1.41 bits per heavy atom. The number of carbonyl (C=O) groups is 2. The van der Waals surface area contributed by atoms with Crippen molar-refractivity contribution < 1.29 is 9.59 Å². The fourth-order valence-electron chi connectivity index (χ4n) is 3.02. The number of aromatic nitrogens is 3. The molecule has 3 heterocycles. The lowest BCUT2D eigenvalue weighted by Crippen LogP contribution is -2.39. The molecule has 1 fully saturated rings. The SMILES string of the molecule is Cn1cc(C(N)=O)cc1C(=O)N1CCCCC1c1cn[nH]c1. The number of piperidine rings is 1. The summed E-state index contributed by atoms with van der Waals surface area (Å²) >= 11 is 0. The molecule has 0 aromatic carbocycles. The maximum absolute atomic E-state index is 12.9. The molecule has 0 spiro atoms. The van der Waals surface area contributed by atoms with Gasteiger partial charge in [0.1, 0.15) is 5.69 Å². The van der Waals surface area contributed by atoms with E-state index < -0.39 is 5.91 Å². The summed E-state index contributed by atoms with van der Waals surface area (Å²) < 4.78 is 1.66. The summed E-state index contributed by atoms with van der Waals surface area (Å²) in [6.07, 6.45) is 8.16. The van der Waals surface area contributed by atoms with Crippen LogP contribution in [0.2, 0.25) is 0 Å². The second-order valence-electron chi connectivity index (χ2n) is 5.63. The van der Waals surface area contributed by atoms with E-state index in [1.165, 1.54) is 0 Å². The highest BCUT2D eigenvalue weighted by Crippen LogP contribution is 2.31. The Bertz CT molecular complexity index is 689. The number of nitrogens with one attached hydrogen (secondary N) is 1. The Balaban J connectivity index is 1.90. The van der Waals surface area contributed by atoms with Crippen LogP contribution in [-0.4, -0.2) is 38.0 Å². The zero-order valence-corrected chi connectivity index (χ0v) is 12.5. The maximum Gasteiger partial charge on any atom is 0.271 e. The Labute approximate surface area is 128 Å². The van der Waals surface area contributed by atoms with Crippen LogP contribution < -0.4 is 5.73 Å². The highest BCUT2D eigenvalue weighted by Gasteiger charge is 2.30. The quantitative estimate of drug-likeness (QED) is 0.891. The molecule has 3 rings (SSSR count). The molecular weight excluding hydrogens is 282 g/mol. The van der Waals surface area contributed by atoms with Crippen LogP contribution >= 0.6 is 0 Å². The first-order valence-corrected chi connectivity index (χ1v) is 7.33. The zero-order valence-electron chi connectivity index (χ0n) is 12.5. The molecule has 1 atom stereocenters. The molecule has 116 valence electrons. The molecule has 2 amide bonds. The summed E-state index contributed by atoms with van der Waals surface area (Å²) in [5.74, 6) is -0.611. The van der Waals surface area contributed by atoms with E-state index in [1.807, 2.05) is 11.1 Å². The van der Waals surface area contributed by atoms with E-state index >= 15 is 0 Å². The van der Waals surface area contributed by atoms with Crippen molar-refractivity contribution in [2.24, 2.45) is 12.8 Å². The van der Waals surface area contributed by atoms with Gasteiger partial charge in [-0.05, 0) is 25.3 Å². The molecular formula is C15H19N5O2. The summed E-state index contributed by atoms with van der Waals surface area (Å²) in [5.41, 5.74) is 7.13. The number of rotatable bonds is 3. The van der Waals surface area contributed by atoms with Crippen LogP contribution in [0.5, 0.6) is 0 Å². The van der Waals surface area contributed by atoms with Crippen molar-refractivity contribution in [2.45, 2.75) is 25.3 Å². The molecule has 1 saturated heterocycles. The van der Waals surface area contributed by atoms with Crippen LogP contribution in [0, 0.1) is 0 Å². The number of hydrogen-bond acceptors (Lipinski definition) is 3. The summed E-state index contributed by atoms with van der Waals surface area (Å²) in [6.45, 7) is 0.700. The lowest BCUT2D eigenvalue weighted by atomic mass is 9.97. The minimum absolute atomic E-state index is 0.0203. The number of nitrogens with two attached hydrogens (primary N) is 1. The zero-order chi connectivity index (χ0) is 15.7. The Morgan fingerprint density at radius 2 is 2.23 bits per heavy atom. The molecule has 0 saturated carbocycles. The van der Waals surface area contributed by atoms with Gasteiger partial charge in [0, 0.05) is 31.5 Å². The largest absolute Gasteiger partial charge is 0.366 e. The van der Waals surface area contributed by atoms with Crippen LogP contribution in [0.4, 0.5) is 0 Å². The van der Waals surface area contributed by atoms with E-state index in [9.17, 15) is 9.59 Å². The average molecular weight is 301 g/mol. The molecule has 2 aromatic rings. The monoisotopic (exact) mass is 301 g/mol. The lowest BCUT2D eigenvalue weighted by molar-refractivity contribution is 0.0601. The number of amides is 2. The predicted molar refractivity (Wildman–Crippen MR) is 80.1 cm³/mol. The minimum atomic E-state index is -0.528. The van der Waals surface area contributed by atoms with Gasteiger partial charge in [0.2, 0.25) is 5.91 Å². The van der Waals surface area contributed by atoms with Crippen molar-refractivity contribution in [1.29, 1.82) is 0 Å². The van der Waals surface area contributed by atoms with E-state index in [-0.39, 0.29) is 11.9 Å². The fourth-order valence-corrected chi connectivity index (χ4v) is 3.02. The second-order valence-corrected chi connectivity index (χ2v) is 5.63. The number of primary amides is 1. The molecule has 1 aliphatic rings. The molecule has 3 N–H and O–H groups in total. The molecule has 1 unspecified atom stereocenters. The van der Waals surface area contributed by atoms with Gasteiger partial charge in [-0.25, -0.2) is 0 Å². The number of H-pyrrole nitrogens is 1. The van der Waals surface area contributed by atoms with Gasteiger partial charge in [-0.15, -0.1) is 0 Å². The number of aromatic amines is 1. The lowest BCUT2D eigenvalue weighted by Gasteiger charge is -2.35. The maximum atomic E-state index is 12.9. The molecule has 0 bridgehead atoms. The standard InChI is InChI=1S/C15H19N5O2/c1-19-9-10(14(16)21)6-13(19)15(22)20-5-3-2-4-12(20)11-7-17-18-8-11/h6-9,12H,2-5H2,1H3,(H2,16,21)(H,17,18). The van der Waals surface area contributed by atoms with Crippen molar-refractivity contribution in [3.05, 3.63) is 41.5 Å².